The largest absolute Gasteiger partial charge is 1.00 e. The van der Waals surface area contributed by atoms with Crippen LogP contribution in [0.2, 0.25) is 0 Å². The molecule has 145 heavy (non-hydrogen) atoms. The van der Waals surface area contributed by atoms with Gasteiger partial charge in [0.25, 0.3) is 44.9 Å². The molecule has 5 aliphatic heterocycles. The zero-order valence-corrected chi connectivity index (χ0v) is 89.4. The van der Waals surface area contributed by atoms with E-state index in [0.717, 1.165) is 62.0 Å². The summed E-state index contributed by atoms with van der Waals surface area (Å²) in [5.74, 6) is -7.62. The number of rotatable bonds is 23. The molecule has 51 heteroatoms. The van der Waals surface area contributed by atoms with Crippen LogP contribution in [0.1, 0.15) is 175 Å². The van der Waals surface area contributed by atoms with E-state index in [2.05, 4.69) is 61.0 Å². The summed E-state index contributed by atoms with van der Waals surface area (Å²) in [6.07, 6.45) is 1.29. The van der Waals surface area contributed by atoms with E-state index in [9.17, 15) is 96.2 Å². The maximum atomic E-state index is 13.5. The van der Waals surface area contributed by atoms with Gasteiger partial charge in [0.2, 0.25) is 0 Å². The zero-order valence-electron chi connectivity index (χ0n) is 83.5. The number of aliphatic hydroxyl groups is 2. The SMILES string of the molecule is CC(=O)OC(C)=O.CC[C@H]1O[C@@H](n2cc(Br)c(=O)[nH]c2=O)[C@@H](OC)C1C.CC[C@H]1O[C@@H](n2cc(Br)c(=O)n(C(=O)c3ccccc3)c2=O)[C@@H](OC)C1C.CC[C@H]1O[C@@H](n2cc(C(C(=O)OC)C(=O)OC)c(=O)n(C(=O)c3ccccc3)c2=O)[C@@H](OC)C1C.CC[C@H]1O[C@@H](n2ccc(=O)[nH]c2=O)[C@@H](OC)C1C.COC(=O)CC(=O)OC.CO[C@H]1C(O)[C@@H](CO)O[C@H]1n1ccc(=O)[nH]c1=O.C[O-].O=C(Cl)c1ccccc1.[Na+]. The van der Waals surface area contributed by atoms with Crippen molar-refractivity contribution in [3.63, 3.8) is 0 Å². The Balaban J connectivity index is 0.000000360. The van der Waals surface area contributed by atoms with Crippen molar-refractivity contribution in [1.82, 2.24) is 46.9 Å². The number of nitrogens with one attached hydrogen (secondary N) is 3. The standard InChI is InChI=1S/C24H28N2O9.C19H21BrN2O5.C12H17BrN2O4.C12H18N2O4.C10H14N2O6.C7H5ClO.C5H8O4.C4H6O3.CH3O.Na/c1-6-16-13(2)18(32-3)21(35-16)25-12-15(17(22(29)33-4)23(30)34-5)20(28)26(24(25)31)19(27)14-10-8-7-9-11-14;1-4-14-11(2)15(26-3)18(27-14)21-10-13(20)17(24)22(19(21)25)16(23)12-8-6-5-7-9-12;1-4-8-6(2)9(18-3)11(19-8)15-5-7(13)10(16)14-12(15)17;1-4-8-7(2)10(17-3)11(18-8)14-6-5-9(15)13-12(14)16;1-17-8-7(15)5(4-13)18-9(8)12-3-2-6(14)11-10(12)16;8-7(9)6-4-2-1-3-5-6;1-8-4(6)3-5(7)9-2;1-3(5)7-4(2)6;1-2;/h7-13,16-18,21H,6H2,1-5H3;5-11,14-15,18H,4H2,1-3H3;5-6,8-9,11H,4H2,1-3H3,(H,14,16,17);5-8,10-11H,4H2,1-3H3,(H,13,15,16);2-3,5,7-9,13,15H,4H2,1H3,(H,11,14,16);1-5H;3H2,1-2H3;1-2H3;1H3;/q;;;;;;;;-1;+1/t13?,16-,18+,21-;11?,14-,15+,18-;6?,8-,9+,11-;7?,8-,10+,11-;5-,7?,8+,9-;;;;;/m11111...../s1. The first-order chi connectivity index (χ1) is 68.4. The van der Waals surface area contributed by atoms with Gasteiger partial charge in [-0.3, -0.25) is 105 Å². The van der Waals surface area contributed by atoms with Crippen LogP contribution in [-0.4, -0.2) is 255 Å². The number of nitrogens with zero attached hydrogens (tertiary/aromatic N) is 7. The third-order valence-electron chi connectivity index (χ3n) is 23.1. The molecule has 5 aliphatic rings. The first kappa shape index (κ1) is 126. The fourth-order valence-electron chi connectivity index (χ4n) is 15.8. The van der Waals surface area contributed by atoms with E-state index in [1.807, 2.05) is 61.5 Å². The number of aromatic amines is 3. The van der Waals surface area contributed by atoms with E-state index < -0.39 is 183 Å². The second-order valence-electron chi connectivity index (χ2n) is 31.8. The van der Waals surface area contributed by atoms with Gasteiger partial charge in [0.15, 0.2) is 37.1 Å². The number of H-pyrrole nitrogens is 3. The van der Waals surface area contributed by atoms with Crippen LogP contribution in [0.3, 0.4) is 0 Å². The maximum absolute atomic E-state index is 13.5. The predicted molar refractivity (Wildman–Crippen MR) is 516 cm³/mol. The number of benzene rings is 3. The Hall–Kier alpha value is -11.2. The van der Waals surface area contributed by atoms with Gasteiger partial charge in [0.05, 0.1) is 74.0 Å². The molecule has 5 N–H and O–H groups in total. The van der Waals surface area contributed by atoms with E-state index >= 15 is 0 Å². The minimum atomic E-state index is -1.83. The molecule has 0 spiro atoms. The summed E-state index contributed by atoms with van der Waals surface area (Å²) in [6, 6.07) is 27.1. The van der Waals surface area contributed by atoms with Crippen LogP contribution in [0.25, 0.3) is 0 Å². The molecule has 0 bridgehead atoms. The third-order valence-corrected chi connectivity index (χ3v) is 24.5. The molecule has 3 aromatic carbocycles. The number of hydrogen-bond acceptors (Lipinski definition) is 37. The summed E-state index contributed by atoms with van der Waals surface area (Å²) in [5.41, 5.74) is -6.27. The molecule has 0 aliphatic carbocycles. The van der Waals surface area contributed by atoms with Gasteiger partial charge in [0.1, 0.15) is 49.1 Å². The minimum absolute atomic E-state index is 0. The molecule has 13 rings (SSSR count). The van der Waals surface area contributed by atoms with Gasteiger partial charge in [-0.15, -0.1) is 0 Å². The average molecular weight is 2200 g/mol. The molecule has 8 aromatic rings. The van der Waals surface area contributed by atoms with Crippen molar-refractivity contribution >= 4 is 96.3 Å². The average Bonchev–Trinajstić information content (AvgIpc) is 1.74. The predicted octanol–water partition coefficient (Wildman–Crippen LogP) is 0.926. The number of halogens is 3. The second kappa shape index (κ2) is 61.4. The van der Waals surface area contributed by atoms with Crippen molar-refractivity contribution in [1.29, 1.82) is 0 Å². The van der Waals surface area contributed by atoms with Gasteiger partial charge < -0.3 is 86.4 Å². The number of ether oxygens (including phenoxy) is 15. The number of hydrogen-bond donors (Lipinski definition) is 5. The van der Waals surface area contributed by atoms with E-state index in [-0.39, 0.29) is 122 Å². The summed E-state index contributed by atoms with van der Waals surface area (Å²) in [4.78, 5) is 229. The number of aliphatic hydroxyl groups excluding tert-OH is 2. The summed E-state index contributed by atoms with van der Waals surface area (Å²) >= 11 is 11.4. The molecular weight excluding hydrogens is 2080 g/mol. The van der Waals surface area contributed by atoms with Crippen LogP contribution in [0.5, 0.6) is 0 Å². The molecule has 5 unspecified atom stereocenters. The molecule has 10 heterocycles. The quantitative estimate of drug-likeness (QED) is 0.0195. The van der Waals surface area contributed by atoms with Crippen molar-refractivity contribution in [2.75, 3.05) is 77.7 Å². The van der Waals surface area contributed by atoms with Crippen molar-refractivity contribution < 1.29 is 159 Å². The summed E-state index contributed by atoms with van der Waals surface area (Å²) in [6.45, 7) is 17.9. The van der Waals surface area contributed by atoms with Crippen LogP contribution >= 0.6 is 43.5 Å². The second-order valence-corrected chi connectivity index (χ2v) is 33.9. The minimum Gasteiger partial charge on any atom is -0.857 e. The van der Waals surface area contributed by atoms with E-state index in [1.54, 1.807) is 94.1 Å². The monoisotopic (exact) mass is 2200 g/mol. The smallest absolute Gasteiger partial charge is 0.857 e. The molecular formula is C94H120Br2ClN10NaO37. The summed E-state index contributed by atoms with van der Waals surface area (Å²) in [7, 11) is 12.8. The Morgan fingerprint density at radius 2 is 0.731 bits per heavy atom. The normalized spacial score (nSPS) is 23.2. The van der Waals surface area contributed by atoms with E-state index in [0.29, 0.717) is 21.1 Å². The Kier molecular flexibility index (Phi) is 53.4. The number of methoxy groups -OCH3 is 9. The van der Waals surface area contributed by atoms with Crippen LogP contribution in [-0.2, 0) is 99.8 Å². The topological polar surface area (TPSA) is 608 Å². The number of aromatic nitrogens is 10. The fourth-order valence-corrected chi connectivity index (χ4v) is 16.7. The molecule has 0 radical (unpaired) electrons. The third kappa shape index (κ3) is 32.9. The van der Waals surface area contributed by atoms with Crippen molar-refractivity contribution in [2.24, 2.45) is 23.7 Å². The number of esters is 6. The zero-order chi connectivity index (χ0) is 108. The number of carbonyl (C=O) groups excluding carboxylic acids is 9. The van der Waals surface area contributed by atoms with Crippen molar-refractivity contribution in [3.8, 4) is 0 Å². The Morgan fingerprint density at radius 1 is 0.421 bits per heavy atom. The first-order valence-electron chi connectivity index (χ1n) is 44.5. The van der Waals surface area contributed by atoms with Crippen molar-refractivity contribution in [2.45, 2.75) is 206 Å². The summed E-state index contributed by atoms with van der Waals surface area (Å²) < 4.78 is 85.5. The van der Waals surface area contributed by atoms with E-state index in [1.165, 1.54) is 99.0 Å². The molecule has 5 aromatic heterocycles. The Bertz CT molecular complexity index is 6140. The van der Waals surface area contributed by atoms with Crippen LogP contribution in [0.4, 0.5) is 0 Å². The van der Waals surface area contributed by atoms with Crippen LogP contribution in [0, 0.1) is 23.7 Å². The van der Waals surface area contributed by atoms with Gasteiger partial charge in [-0.2, -0.15) is 16.2 Å². The van der Waals surface area contributed by atoms with E-state index in [4.69, 9.17) is 78.7 Å². The van der Waals surface area contributed by atoms with Gasteiger partial charge in [-0.05, 0) is 93.4 Å². The molecule has 0 saturated carbocycles. The molecule has 47 nitrogen and oxygen atoms in total. The first-order valence-corrected chi connectivity index (χ1v) is 46.5. The van der Waals surface area contributed by atoms with Gasteiger partial charge in [0, 0.05) is 133 Å². The van der Waals surface area contributed by atoms with Gasteiger partial charge in [-0.1, -0.05) is 122 Å². The molecule has 0 amide bonds. The molecule has 790 valence electrons. The van der Waals surface area contributed by atoms with Crippen LogP contribution < -0.4 is 90.9 Å². The maximum Gasteiger partial charge on any atom is 1.00 e. The molecule has 5 fully saturated rings. The van der Waals surface area contributed by atoms with Gasteiger partial charge in [-0.25, -0.2) is 24.0 Å². The fraction of sp³-hybridized carbons (Fsp3) is 0.500. The Morgan fingerprint density at radius 3 is 1.03 bits per heavy atom. The van der Waals surface area contributed by atoms with Crippen LogP contribution in [0.15, 0.2) is 191 Å². The summed E-state index contributed by atoms with van der Waals surface area (Å²) in [5, 5.41) is 26.7. The Labute approximate surface area is 873 Å². The van der Waals surface area contributed by atoms with Gasteiger partial charge >= 0.3 is 93.8 Å². The van der Waals surface area contributed by atoms with Crippen molar-refractivity contribution in [3.05, 3.63) is 270 Å². The number of carbonyl (C=O) groups is 9. The molecule has 20 atom stereocenters. The molecule has 5 saturated heterocycles.